The largest absolute Gasteiger partial charge is 0.508 e. The van der Waals surface area contributed by atoms with Gasteiger partial charge in [0.2, 0.25) is 88.6 Å². The topological polar surface area (TPSA) is 506 Å². The smallest absolute Gasteiger partial charge is 0.305 e. The molecule has 2 saturated heterocycles. The molecule has 14 atom stereocenters. The van der Waals surface area contributed by atoms with Crippen LogP contribution in [0.5, 0.6) is 5.75 Å². The Bertz CT molecular complexity index is 4910. The lowest BCUT2D eigenvalue weighted by atomic mass is 9.98. The van der Waals surface area contributed by atoms with Gasteiger partial charge in [-0.1, -0.05) is 169 Å². The molecule has 9 rings (SSSR count). The number of thioether (sulfide) groups is 1. The van der Waals surface area contributed by atoms with Crippen molar-refractivity contribution in [2.24, 2.45) is 29.2 Å². The zero-order valence-electron chi connectivity index (χ0n) is 74.3. The van der Waals surface area contributed by atoms with Crippen molar-refractivity contribution < 1.29 is 86.9 Å². The molecule has 694 valence electrons. The predicted octanol–water partition coefficient (Wildman–Crippen LogP) is 2.04. The first-order valence-electron chi connectivity index (χ1n) is 44.0. The third kappa shape index (κ3) is 28.6. The van der Waals surface area contributed by atoms with Gasteiger partial charge >= 0.3 is 5.97 Å². The van der Waals surface area contributed by atoms with Gasteiger partial charge in [0.1, 0.15) is 78.3 Å². The van der Waals surface area contributed by atoms with Gasteiger partial charge in [-0.25, -0.2) is 0 Å². The highest BCUT2D eigenvalue weighted by molar-refractivity contribution is 8.00. The Morgan fingerprint density at radius 2 is 1.09 bits per heavy atom. The SMILES string of the molecule is CCCC[C@H]1C(=O)N(CCC)CC(=O)N[C@@H](CC(=O)O)C(=O)N[C@@H](C(C)C)C(=O)N(C)[C@@H](Cc2ccccc2)C(=O)N[C@@H](CCCN)C(=O)N2CCC[C@@H]2C(=O)N[C@@H](Cc2c[nH]c3ccccc23)C(=O)N[C@@H](Cc2ccc(O)cc2)C(=O)N[C@@H](C2CC2C)C(=O)N[C@H](C(=O)NCC(N)=O)CSCC(=O)N[C@@H](Cc2ccccc2)C(=O)N(C)C(Cc2ccccc2)C(=O)N1C. The number of aromatic amines is 1. The minimum Gasteiger partial charge on any atom is -0.508 e. The number of benzene rings is 5. The number of aromatic nitrogens is 1. The number of phenolic OH excluding ortho intramolecular Hbond substituents is 1. The summed E-state index contributed by atoms with van der Waals surface area (Å²) in [7, 11) is 4.11. The molecule has 6 aromatic rings. The van der Waals surface area contributed by atoms with Crippen molar-refractivity contribution >= 4 is 117 Å². The van der Waals surface area contributed by atoms with E-state index in [1.165, 1.54) is 65.0 Å². The summed E-state index contributed by atoms with van der Waals surface area (Å²) in [5.41, 5.74) is 15.0. The highest BCUT2D eigenvalue weighted by Gasteiger charge is 2.48. The second-order valence-corrected chi connectivity index (χ2v) is 34.8. The number of amides is 15. The molecule has 3 aliphatic rings. The minimum atomic E-state index is -1.88. The fourth-order valence-corrected chi connectivity index (χ4v) is 17.1. The van der Waals surface area contributed by atoms with Crippen LogP contribution >= 0.6 is 11.8 Å². The number of aromatic hydroxyl groups is 1. The van der Waals surface area contributed by atoms with Crippen LogP contribution in [0.4, 0.5) is 0 Å². The van der Waals surface area contributed by atoms with Crippen molar-refractivity contribution in [3.05, 3.63) is 174 Å². The van der Waals surface area contributed by atoms with Crippen molar-refractivity contribution in [3.63, 3.8) is 0 Å². The van der Waals surface area contributed by atoms with Gasteiger partial charge in [-0.3, -0.25) is 76.7 Å². The van der Waals surface area contributed by atoms with Crippen molar-refractivity contribution in [2.45, 2.75) is 203 Å². The van der Waals surface area contributed by atoms with Crippen LogP contribution in [0, 0.1) is 17.8 Å². The molecule has 2 aliphatic heterocycles. The van der Waals surface area contributed by atoms with E-state index in [4.69, 9.17) is 11.5 Å². The summed E-state index contributed by atoms with van der Waals surface area (Å²) < 4.78 is 0. The molecule has 36 heteroatoms. The molecular weight excluding hydrogens is 1680 g/mol. The second kappa shape index (κ2) is 48.4. The molecule has 1 saturated carbocycles. The zero-order chi connectivity index (χ0) is 93.7. The standard InChI is InChI=1S/C93H123N17O18S/c1-9-11-34-73-92(127)109(41-10-2)52-77(113)98-69(49-79(115)116)85(120)104-80(55(3)4)93(128)107(7)74(46-58-27-17-13-18-28-58)87(122)100-66(33-23-40-94)90(125)110-42-24-35-72(110)86(121)102-68(48-61-50-96-65-32-22-21-31-63(61)65)83(118)101-67(44-60-36-38-62(111)39-37-60)84(119)105-81(64-43-56(64)5)88(123)103-71(82(117)97-51-76(95)112)53-129-54-78(114)99-70(45-57-25-15-12-16-26-57)89(124)108(8)75(91(126)106(73)6)47-59-29-19-14-20-30-59/h12-22,25-32,36-39,50,55-56,64,66-75,80-81,96,111H,9-11,23-24,33-35,40-49,51-54,94H2,1-8H3,(H2,95,112)(H,97,117)(H,98,113)(H,99,114)(H,100,122)(H,101,118)(H,102,121)(H,103,123)(H,104,120)(H,105,119)(H,115,116)/t56?,64?,66-,67-,68-,69-,70-,71-,72+,73-,74-,75?,80-,81-/m0/s1. The van der Waals surface area contributed by atoms with E-state index in [1.807, 2.05) is 19.9 Å². The number of carboxylic acids is 1. The number of carbonyl (C=O) groups excluding carboxylic acids is 15. The van der Waals surface area contributed by atoms with Gasteiger partial charge in [0.25, 0.3) is 0 Å². The molecular formula is C93H123N17O18S. The summed E-state index contributed by atoms with van der Waals surface area (Å²) in [6.45, 7) is 7.15. The number of hydrogen-bond acceptors (Lipinski definition) is 19. The molecule has 16 N–H and O–H groups in total. The number of para-hydroxylation sites is 1. The van der Waals surface area contributed by atoms with Gasteiger partial charge in [0.05, 0.1) is 25.3 Å². The molecule has 3 heterocycles. The van der Waals surface area contributed by atoms with Crippen LogP contribution in [0.1, 0.15) is 127 Å². The van der Waals surface area contributed by atoms with Crippen LogP contribution in [0.15, 0.2) is 146 Å². The van der Waals surface area contributed by atoms with Crippen molar-refractivity contribution in [1.29, 1.82) is 0 Å². The number of hydrogen-bond donors (Lipinski definition) is 14. The summed E-state index contributed by atoms with van der Waals surface area (Å²) in [6.07, 6.45) is 1.87. The molecule has 15 amide bonds. The highest BCUT2D eigenvalue weighted by atomic mass is 32.2. The van der Waals surface area contributed by atoms with Gasteiger partial charge in [0.15, 0.2) is 0 Å². The molecule has 5 aromatic carbocycles. The molecule has 35 nitrogen and oxygen atoms in total. The number of likely N-dealkylation sites (N-methyl/N-ethyl adjacent to an activating group) is 3. The molecule has 3 fully saturated rings. The first-order valence-corrected chi connectivity index (χ1v) is 45.1. The van der Waals surface area contributed by atoms with E-state index in [-0.39, 0.29) is 108 Å². The van der Waals surface area contributed by atoms with Crippen LogP contribution in [0.25, 0.3) is 10.9 Å². The monoisotopic (exact) mass is 1800 g/mol. The summed E-state index contributed by atoms with van der Waals surface area (Å²) in [5.74, 6) is -16.7. The summed E-state index contributed by atoms with van der Waals surface area (Å²) in [5, 5.41) is 46.0. The summed E-state index contributed by atoms with van der Waals surface area (Å²) in [4.78, 5) is 246. The number of unbranched alkanes of at least 4 members (excludes halogenated alkanes) is 1. The lowest BCUT2D eigenvalue weighted by molar-refractivity contribution is -0.152. The van der Waals surface area contributed by atoms with Crippen LogP contribution < -0.4 is 59.3 Å². The fourth-order valence-electron chi connectivity index (χ4n) is 16.3. The second-order valence-electron chi connectivity index (χ2n) is 33.8. The Labute approximate surface area is 755 Å². The number of rotatable bonds is 25. The maximum Gasteiger partial charge on any atom is 0.305 e. The van der Waals surface area contributed by atoms with E-state index in [0.29, 0.717) is 58.0 Å². The average molecular weight is 1800 g/mol. The number of nitrogens with two attached hydrogens (primary N) is 2. The Kier molecular flexibility index (Phi) is 37.6. The van der Waals surface area contributed by atoms with E-state index in [9.17, 15) is 39.0 Å². The fraction of sp³-hybridized carbons (Fsp3) is 0.484. The Balaban J connectivity index is 1.11. The Hall–Kier alpha value is -12.7. The Morgan fingerprint density at radius 1 is 0.543 bits per heavy atom. The molecule has 0 radical (unpaired) electrons. The van der Waals surface area contributed by atoms with Gasteiger partial charge < -0.3 is 99.0 Å². The van der Waals surface area contributed by atoms with Gasteiger partial charge in [-0.05, 0) is 115 Å². The van der Waals surface area contributed by atoms with Crippen molar-refractivity contribution in [3.8, 4) is 5.75 Å². The number of nitrogens with zero attached hydrogens (tertiary/aromatic N) is 5. The average Bonchev–Trinajstić information content (AvgIpc) is 1.78. The lowest BCUT2D eigenvalue weighted by Gasteiger charge is -2.37. The van der Waals surface area contributed by atoms with Crippen LogP contribution in [-0.2, 0) is 109 Å². The van der Waals surface area contributed by atoms with Crippen LogP contribution in [0.2, 0.25) is 0 Å². The molecule has 1 aromatic heterocycles. The third-order valence-electron chi connectivity index (χ3n) is 23.7. The zero-order valence-corrected chi connectivity index (χ0v) is 75.1. The summed E-state index contributed by atoms with van der Waals surface area (Å²) >= 11 is 0.853. The van der Waals surface area contributed by atoms with Crippen molar-refractivity contribution in [2.75, 3.05) is 65.4 Å². The van der Waals surface area contributed by atoms with Crippen molar-refractivity contribution in [1.82, 2.24) is 77.3 Å². The maximum absolute atomic E-state index is 15.7. The molecule has 0 spiro atoms. The number of carboxylic acid groups (broad SMARTS) is 1. The Morgan fingerprint density at radius 3 is 1.70 bits per heavy atom. The maximum atomic E-state index is 15.7. The molecule has 1 aliphatic carbocycles. The van der Waals surface area contributed by atoms with E-state index < -0.39 is 204 Å². The van der Waals surface area contributed by atoms with E-state index in [0.717, 1.165) is 16.7 Å². The summed E-state index contributed by atoms with van der Waals surface area (Å²) in [6, 6.07) is 21.3. The number of phenols is 1. The molecule has 3 unspecified atom stereocenters. The first kappa shape index (κ1) is 100. The number of aliphatic carboxylic acids is 1. The van der Waals surface area contributed by atoms with Gasteiger partial charge in [-0.2, -0.15) is 0 Å². The van der Waals surface area contributed by atoms with E-state index in [2.05, 4.69) is 52.8 Å². The van der Waals surface area contributed by atoms with E-state index in [1.54, 1.807) is 136 Å². The number of H-pyrrole nitrogens is 1. The normalized spacial score (nSPS) is 24.5. The van der Waals surface area contributed by atoms with E-state index >= 15 is 47.9 Å². The van der Waals surface area contributed by atoms with Gasteiger partial charge in [-0.15, -0.1) is 11.8 Å². The lowest BCUT2D eigenvalue weighted by Crippen LogP contribution is -2.61. The number of fused-ring (bicyclic) bond motifs is 2. The highest BCUT2D eigenvalue weighted by Crippen LogP contribution is 2.41. The van der Waals surface area contributed by atoms with Crippen LogP contribution in [0.3, 0.4) is 0 Å². The van der Waals surface area contributed by atoms with Gasteiger partial charge in [0, 0.05) is 89.2 Å². The predicted molar refractivity (Wildman–Crippen MR) is 483 cm³/mol. The molecule has 0 bridgehead atoms. The third-order valence-corrected chi connectivity index (χ3v) is 24.7. The molecule has 129 heavy (non-hydrogen) atoms. The number of carbonyl (C=O) groups is 16. The number of nitrogens with one attached hydrogen (secondary N) is 10. The number of primary amides is 1. The van der Waals surface area contributed by atoms with Crippen LogP contribution in [-0.4, -0.2) is 272 Å². The quantitative estimate of drug-likeness (QED) is 0.0390. The minimum absolute atomic E-state index is 0.00385. The first-order chi connectivity index (χ1) is 61.7.